The number of halogens is 1. The monoisotopic (exact) mass is 296 g/mol. The van der Waals surface area contributed by atoms with Crippen LogP contribution in [0.3, 0.4) is 0 Å². The molecular weight excluding hydrogens is 280 g/mol. The van der Waals surface area contributed by atoms with E-state index in [9.17, 15) is 14.7 Å². The molecule has 0 saturated carbocycles. The molecule has 6 heteroatoms. The van der Waals surface area contributed by atoms with E-state index in [1.807, 2.05) is 0 Å². The minimum absolute atomic E-state index is 0.172. The van der Waals surface area contributed by atoms with Gasteiger partial charge in [0.05, 0.1) is 16.7 Å². The van der Waals surface area contributed by atoms with Crippen LogP contribution < -0.4 is 5.32 Å². The summed E-state index contributed by atoms with van der Waals surface area (Å²) in [5.41, 5.74) is 0.914. The Bertz CT molecular complexity index is 525. The fraction of sp³-hybridized carbons (Fsp3) is 0.429. The first kappa shape index (κ1) is 14.8. The van der Waals surface area contributed by atoms with Crippen LogP contribution in [0.25, 0.3) is 0 Å². The molecule has 2 rings (SSSR count). The van der Waals surface area contributed by atoms with E-state index in [4.69, 9.17) is 11.6 Å². The van der Waals surface area contributed by atoms with E-state index in [2.05, 4.69) is 5.32 Å². The van der Waals surface area contributed by atoms with Crippen molar-refractivity contribution in [2.24, 2.45) is 0 Å². The Morgan fingerprint density at radius 3 is 2.60 bits per heavy atom. The quantitative estimate of drug-likeness (QED) is 0.876. The highest BCUT2D eigenvalue weighted by Gasteiger charge is 2.24. The SMILES string of the molecule is CC(=O)Nc1ccc(Cl)c(C(=O)N2CCC(O)CC2)c1. The van der Waals surface area contributed by atoms with Crippen molar-refractivity contribution in [1.82, 2.24) is 4.90 Å². The summed E-state index contributed by atoms with van der Waals surface area (Å²) in [6.07, 6.45) is 0.823. The van der Waals surface area contributed by atoms with Gasteiger partial charge in [-0.3, -0.25) is 9.59 Å². The van der Waals surface area contributed by atoms with E-state index in [1.54, 1.807) is 23.1 Å². The van der Waals surface area contributed by atoms with Gasteiger partial charge in [-0.05, 0) is 31.0 Å². The number of hydrogen-bond acceptors (Lipinski definition) is 3. The van der Waals surface area contributed by atoms with Crippen LogP contribution in [0.15, 0.2) is 18.2 Å². The summed E-state index contributed by atoms with van der Waals surface area (Å²) in [7, 11) is 0. The predicted molar refractivity (Wildman–Crippen MR) is 76.9 cm³/mol. The predicted octanol–water partition coefficient (Wildman–Crippen LogP) is 1.90. The molecule has 2 amide bonds. The van der Waals surface area contributed by atoms with Gasteiger partial charge < -0.3 is 15.3 Å². The molecule has 0 bridgehead atoms. The summed E-state index contributed by atoms with van der Waals surface area (Å²) < 4.78 is 0. The Balaban J connectivity index is 2.18. The number of amides is 2. The standard InChI is InChI=1S/C14H17ClN2O3/c1-9(18)16-10-2-3-13(15)12(8-10)14(20)17-6-4-11(19)5-7-17/h2-3,8,11,19H,4-7H2,1H3,(H,16,18). The van der Waals surface area contributed by atoms with Crippen molar-refractivity contribution in [2.45, 2.75) is 25.9 Å². The number of likely N-dealkylation sites (tertiary alicyclic amines) is 1. The van der Waals surface area contributed by atoms with Gasteiger partial charge in [0.1, 0.15) is 0 Å². The van der Waals surface area contributed by atoms with Crippen LogP contribution in [0.2, 0.25) is 5.02 Å². The van der Waals surface area contributed by atoms with E-state index in [0.29, 0.717) is 42.2 Å². The number of benzene rings is 1. The molecular formula is C14H17ClN2O3. The van der Waals surface area contributed by atoms with Crippen LogP contribution in [-0.4, -0.2) is 41.0 Å². The average molecular weight is 297 g/mol. The molecule has 1 aromatic rings. The van der Waals surface area contributed by atoms with Gasteiger partial charge in [-0.25, -0.2) is 0 Å². The first-order valence-corrected chi connectivity index (χ1v) is 6.89. The molecule has 1 aliphatic rings. The lowest BCUT2D eigenvalue weighted by Crippen LogP contribution is -2.40. The first-order chi connectivity index (χ1) is 9.47. The van der Waals surface area contributed by atoms with Gasteiger partial charge in [0.25, 0.3) is 5.91 Å². The molecule has 0 radical (unpaired) electrons. The second-order valence-electron chi connectivity index (χ2n) is 4.90. The van der Waals surface area contributed by atoms with Crippen molar-refractivity contribution in [3.63, 3.8) is 0 Å². The van der Waals surface area contributed by atoms with Gasteiger partial charge in [-0.2, -0.15) is 0 Å². The summed E-state index contributed by atoms with van der Waals surface area (Å²) in [5.74, 6) is -0.374. The molecule has 1 fully saturated rings. The highest BCUT2D eigenvalue weighted by Crippen LogP contribution is 2.23. The van der Waals surface area contributed by atoms with Gasteiger partial charge in [-0.1, -0.05) is 11.6 Å². The molecule has 1 heterocycles. The number of anilines is 1. The fourth-order valence-electron chi connectivity index (χ4n) is 2.21. The van der Waals surface area contributed by atoms with Gasteiger partial charge in [0.2, 0.25) is 5.91 Å². The van der Waals surface area contributed by atoms with Crippen LogP contribution in [0, 0.1) is 0 Å². The molecule has 2 N–H and O–H groups in total. The minimum Gasteiger partial charge on any atom is -0.393 e. The molecule has 1 aliphatic heterocycles. The maximum Gasteiger partial charge on any atom is 0.255 e. The van der Waals surface area contributed by atoms with Crippen molar-refractivity contribution in [3.05, 3.63) is 28.8 Å². The second kappa shape index (κ2) is 6.24. The molecule has 1 aromatic carbocycles. The maximum atomic E-state index is 12.4. The third kappa shape index (κ3) is 3.49. The lowest BCUT2D eigenvalue weighted by atomic mass is 10.1. The summed E-state index contributed by atoms with van der Waals surface area (Å²) in [4.78, 5) is 25.1. The molecule has 0 atom stereocenters. The number of piperidine rings is 1. The topological polar surface area (TPSA) is 69.6 Å². The molecule has 0 unspecified atom stereocenters. The number of carbonyl (C=O) groups excluding carboxylic acids is 2. The molecule has 108 valence electrons. The fourth-order valence-corrected chi connectivity index (χ4v) is 2.41. The Kier molecular flexibility index (Phi) is 4.62. The lowest BCUT2D eigenvalue weighted by molar-refractivity contribution is -0.114. The van der Waals surface area contributed by atoms with Crippen LogP contribution in [-0.2, 0) is 4.79 Å². The molecule has 0 spiro atoms. The highest BCUT2D eigenvalue weighted by molar-refractivity contribution is 6.34. The van der Waals surface area contributed by atoms with E-state index >= 15 is 0 Å². The second-order valence-corrected chi connectivity index (χ2v) is 5.31. The Labute approximate surface area is 122 Å². The van der Waals surface area contributed by atoms with Crippen molar-refractivity contribution >= 4 is 29.1 Å². The summed E-state index contributed by atoms with van der Waals surface area (Å²) in [5, 5.41) is 12.5. The smallest absolute Gasteiger partial charge is 0.255 e. The van der Waals surface area contributed by atoms with Crippen molar-refractivity contribution < 1.29 is 14.7 Å². The summed E-state index contributed by atoms with van der Waals surface area (Å²) in [6.45, 7) is 2.43. The third-order valence-electron chi connectivity index (χ3n) is 3.27. The van der Waals surface area contributed by atoms with Gasteiger partial charge in [0, 0.05) is 25.7 Å². The first-order valence-electron chi connectivity index (χ1n) is 6.52. The lowest BCUT2D eigenvalue weighted by Gasteiger charge is -2.30. The summed E-state index contributed by atoms with van der Waals surface area (Å²) >= 11 is 6.07. The van der Waals surface area contributed by atoms with E-state index in [1.165, 1.54) is 6.92 Å². The van der Waals surface area contributed by atoms with Crippen LogP contribution in [0.5, 0.6) is 0 Å². The number of nitrogens with one attached hydrogen (secondary N) is 1. The zero-order chi connectivity index (χ0) is 14.7. The van der Waals surface area contributed by atoms with E-state index in [-0.39, 0.29) is 17.9 Å². The molecule has 20 heavy (non-hydrogen) atoms. The van der Waals surface area contributed by atoms with Crippen molar-refractivity contribution in [3.8, 4) is 0 Å². The number of aliphatic hydroxyl groups excluding tert-OH is 1. The molecule has 5 nitrogen and oxygen atoms in total. The minimum atomic E-state index is -0.333. The number of rotatable bonds is 2. The molecule has 0 aromatic heterocycles. The summed E-state index contributed by atoms with van der Waals surface area (Å²) in [6, 6.07) is 4.83. The highest BCUT2D eigenvalue weighted by atomic mass is 35.5. The van der Waals surface area contributed by atoms with Crippen molar-refractivity contribution in [2.75, 3.05) is 18.4 Å². The van der Waals surface area contributed by atoms with Crippen LogP contribution in [0.4, 0.5) is 5.69 Å². The Hall–Kier alpha value is -1.59. The average Bonchev–Trinajstić information content (AvgIpc) is 2.40. The molecule has 1 saturated heterocycles. The Morgan fingerprint density at radius 1 is 1.35 bits per heavy atom. The Morgan fingerprint density at radius 2 is 2.00 bits per heavy atom. The van der Waals surface area contributed by atoms with E-state index < -0.39 is 0 Å². The van der Waals surface area contributed by atoms with Crippen LogP contribution in [0.1, 0.15) is 30.1 Å². The van der Waals surface area contributed by atoms with Crippen LogP contribution >= 0.6 is 11.6 Å². The van der Waals surface area contributed by atoms with E-state index in [0.717, 1.165) is 0 Å². The number of aliphatic hydroxyl groups is 1. The largest absolute Gasteiger partial charge is 0.393 e. The third-order valence-corrected chi connectivity index (χ3v) is 3.60. The number of hydrogen-bond donors (Lipinski definition) is 2. The molecule has 0 aliphatic carbocycles. The number of nitrogens with zero attached hydrogens (tertiary/aromatic N) is 1. The normalized spacial score (nSPS) is 16.1. The van der Waals surface area contributed by atoms with Gasteiger partial charge in [-0.15, -0.1) is 0 Å². The maximum absolute atomic E-state index is 12.4. The van der Waals surface area contributed by atoms with Gasteiger partial charge in [0.15, 0.2) is 0 Å². The van der Waals surface area contributed by atoms with Gasteiger partial charge >= 0.3 is 0 Å². The van der Waals surface area contributed by atoms with Crippen molar-refractivity contribution in [1.29, 1.82) is 0 Å². The zero-order valence-electron chi connectivity index (χ0n) is 11.2. The zero-order valence-corrected chi connectivity index (χ0v) is 12.0. The number of carbonyl (C=O) groups is 2.